The quantitative estimate of drug-likeness (QED) is 0.492. The molecule has 0 bridgehead atoms. The van der Waals surface area contributed by atoms with Gasteiger partial charge in [0.15, 0.2) is 0 Å². The van der Waals surface area contributed by atoms with E-state index in [0.717, 1.165) is 5.92 Å². The molecule has 0 radical (unpaired) electrons. The van der Waals surface area contributed by atoms with E-state index in [1.165, 1.54) is 12.8 Å². The summed E-state index contributed by atoms with van der Waals surface area (Å²) in [6.45, 7) is 6.58. The van der Waals surface area contributed by atoms with Crippen LogP contribution in [-0.4, -0.2) is 0 Å². The molecule has 0 saturated heterocycles. The Labute approximate surface area is 52.6 Å². The summed E-state index contributed by atoms with van der Waals surface area (Å²) in [5, 5.41) is 0. The zero-order valence-electron chi connectivity index (χ0n) is 6.15. The van der Waals surface area contributed by atoms with Crippen molar-refractivity contribution in [3.8, 4) is 0 Å². The van der Waals surface area contributed by atoms with E-state index in [1.54, 1.807) is 0 Å². The Morgan fingerprint density at radius 2 is 2.12 bits per heavy atom. The summed E-state index contributed by atoms with van der Waals surface area (Å²) in [5.41, 5.74) is 0. The fraction of sp³-hybridized carbons (Fsp3) is 0.750. The fourth-order valence-electron chi connectivity index (χ4n) is 0.535. The summed E-state index contributed by atoms with van der Waals surface area (Å²) in [5.74, 6) is 0.867. The molecule has 0 heterocycles. The van der Waals surface area contributed by atoms with Crippen LogP contribution < -0.4 is 0 Å². The molecule has 1 unspecified atom stereocenters. The lowest BCUT2D eigenvalue weighted by molar-refractivity contribution is 0.572. The van der Waals surface area contributed by atoms with E-state index < -0.39 is 0 Å². The van der Waals surface area contributed by atoms with Crippen LogP contribution in [-0.2, 0) is 0 Å². The maximum atomic E-state index is 2.28. The van der Waals surface area contributed by atoms with E-state index in [-0.39, 0.29) is 0 Å². The standard InChI is InChI=1S/C8H16/c1-4-6-7-8(3)5-2/h4,6,8H,5,7H2,1-3H3/b6-4+. The van der Waals surface area contributed by atoms with Crippen LogP contribution in [0.1, 0.15) is 33.6 Å². The van der Waals surface area contributed by atoms with Crippen molar-refractivity contribution in [2.45, 2.75) is 33.6 Å². The smallest absolute Gasteiger partial charge is 0.0325 e. The van der Waals surface area contributed by atoms with Crippen molar-refractivity contribution in [3.63, 3.8) is 0 Å². The van der Waals surface area contributed by atoms with Crippen LogP contribution in [0.15, 0.2) is 12.2 Å². The molecule has 0 aliphatic heterocycles. The topological polar surface area (TPSA) is 0 Å². The molecule has 0 saturated carbocycles. The summed E-state index contributed by atoms with van der Waals surface area (Å²) >= 11 is 0. The molecule has 0 aromatic rings. The third-order valence-electron chi connectivity index (χ3n) is 1.47. The van der Waals surface area contributed by atoms with Gasteiger partial charge in [0.05, 0.1) is 0 Å². The van der Waals surface area contributed by atoms with Gasteiger partial charge in [-0.2, -0.15) is 0 Å². The molecule has 0 rings (SSSR count). The van der Waals surface area contributed by atoms with Crippen molar-refractivity contribution in [2.24, 2.45) is 5.92 Å². The highest BCUT2D eigenvalue weighted by atomic mass is 14.0. The van der Waals surface area contributed by atoms with Gasteiger partial charge in [0, 0.05) is 0 Å². The molecular weight excluding hydrogens is 96.1 g/mol. The second kappa shape index (κ2) is 4.89. The molecule has 0 aliphatic carbocycles. The zero-order valence-corrected chi connectivity index (χ0v) is 6.15. The van der Waals surface area contributed by atoms with Gasteiger partial charge in [0.25, 0.3) is 0 Å². The van der Waals surface area contributed by atoms with Crippen molar-refractivity contribution in [1.82, 2.24) is 0 Å². The van der Waals surface area contributed by atoms with E-state index in [1.807, 2.05) is 0 Å². The second-order valence-electron chi connectivity index (χ2n) is 2.32. The summed E-state index contributed by atoms with van der Waals surface area (Å²) in [6.07, 6.45) is 6.89. The SMILES string of the molecule is C/C=C/CC(C)CC. The van der Waals surface area contributed by atoms with Gasteiger partial charge >= 0.3 is 0 Å². The van der Waals surface area contributed by atoms with Gasteiger partial charge in [0.1, 0.15) is 0 Å². The molecule has 0 fully saturated rings. The van der Waals surface area contributed by atoms with Crippen LogP contribution >= 0.6 is 0 Å². The predicted molar refractivity (Wildman–Crippen MR) is 38.9 cm³/mol. The van der Waals surface area contributed by atoms with Crippen molar-refractivity contribution < 1.29 is 0 Å². The van der Waals surface area contributed by atoms with Crippen LogP contribution in [0.25, 0.3) is 0 Å². The molecule has 48 valence electrons. The first kappa shape index (κ1) is 7.74. The Balaban J connectivity index is 3.10. The maximum absolute atomic E-state index is 2.28. The summed E-state index contributed by atoms with van der Waals surface area (Å²) in [6, 6.07) is 0. The number of rotatable bonds is 3. The van der Waals surface area contributed by atoms with Crippen LogP contribution in [0.4, 0.5) is 0 Å². The Kier molecular flexibility index (Phi) is 4.73. The Bertz CT molecular complexity index is 62.4. The number of allylic oxidation sites excluding steroid dienone is 2. The highest BCUT2D eigenvalue weighted by molar-refractivity contribution is 4.78. The van der Waals surface area contributed by atoms with Gasteiger partial charge in [-0.3, -0.25) is 0 Å². The molecule has 0 nitrogen and oxygen atoms in total. The molecule has 8 heavy (non-hydrogen) atoms. The first-order chi connectivity index (χ1) is 3.81. The van der Waals surface area contributed by atoms with Gasteiger partial charge in [-0.25, -0.2) is 0 Å². The zero-order chi connectivity index (χ0) is 6.41. The third-order valence-corrected chi connectivity index (χ3v) is 1.47. The second-order valence-corrected chi connectivity index (χ2v) is 2.32. The lowest BCUT2D eigenvalue weighted by atomic mass is 10.1. The third kappa shape index (κ3) is 3.91. The van der Waals surface area contributed by atoms with E-state index in [4.69, 9.17) is 0 Å². The fourth-order valence-corrected chi connectivity index (χ4v) is 0.535. The molecular formula is C8H16. The molecule has 0 aliphatic rings. The highest BCUT2D eigenvalue weighted by Gasteiger charge is 1.91. The highest BCUT2D eigenvalue weighted by Crippen LogP contribution is 2.05. The Morgan fingerprint density at radius 1 is 1.50 bits per heavy atom. The van der Waals surface area contributed by atoms with E-state index in [0.29, 0.717) is 0 Å². The molecule has 1 atom stereocenters. The number of hydrogen-bond donors (Lipinski definition) is 0. The monoisotopic (exact) mass is 112 g/mol. The van der Waals surface area contributed by atoms with Crippen molar-refractivity contribution in [3.05, 3.63) is 12.2 Å². The molecule has 0 aromatic carbocycles. The lowest BCUT2D eigenvalue weighted by Crippen LogP contribution is -1.86. The molecule has 0 N–H and O–H groups in total. The van der Waals surface area contributed by atoms with Crippen molar-refractivity contribution >= 4 is 0 Å². The van der Waals surface area contributed by atoms with Gasteiger partial charge < -0.3 is 0 Å². The van der Waals surface area contributed by atoms with Gasteiger partial charge in [0.2, 0.25) is 0 Å². The molecule has 0 spiro atoms. The van der Waals surface area contributed by atoms with Crippen LogP contribution in [0.3, 0.4) is 0 Å². The van der Waals surface area contributed by atoms with Crippen molar-refractivity contribution in [1.29, 1.82) is 0 Å². The van der Waals surface area contributed by atoms with Crippen LogP contribution in [0.2, 0.25) is 0 Å². The first-order valence-corrected chi connectivity index (χ1v) is 3.42. The van der Waals surface area contributed by atoms with Gasteiger partial charge in [-0.15, -0.1) is 0 Å². The normalized spacial score (nSPS) is 14.9. The minimum atomic E-state index is 0.867. The van der Waals surface area contributed by atoms with Gasteiger partial charge in [-0.05, 0) is 19.3 Å². The lowest BCUT2D eigenvalue weighted by Gasteiger charge is -2.00. The van der Waals surface area contributed by atoms with E-state index in [9.17, 15) is 0 Å². The minimum absolute atomic E-state index is 0.867. The van der Waals surface area contributed by atoms with Gasteiger partial charge in [-0.1, -0.05) is 32.4 Å². The molecule has 0 aromatic heterocycles. The largest absolute Gasteiger partial charge is 0.0917 e. The van der Waals surface area contributed by atoms with Crippen molar-refractivity contribution in [2.75, 3.05) is 0 Å². The predicted octanol–water partition coefficient (Wildman–Crippen LogP) is 3.00. The Morgan fingerprint density at radius 3 is 2.50 bits per heavy atom. The number of hydrogen-bond acceptors (Lipinski definition) is 0. The summed E-state index contributed by atoms with van der Waals surface area (Å²) < 4.78 is 0. The van der Waals surface area contributed by atoms with E-state index in [2.05, 4.69) is 32.9 Å². The van der Waals surface area contributed by atoms with E-state index >= 15 is 0 Å². The molecule has 0 amide bonds. The molecule has 0 heteroatoms. The summed E-state index contributed by atoms with van der Waals surface area (Å²) in [4.78, 5) is 0. The average molecular weight is 112 g/mol. The van der Waals surface area contributed by atoms with Crippen LogP contribution in [0, 0.1) is 5.92 Å². The average Bonchev–Trinajstić information content (AvgIpc) is 1.83. The first-order valence-electron chi connectivity index (χ1n) is 3.42. The summed E-state index contributed by atoms with van der Waals surface area (Å²) in [7, 11) is 0. The maximum Gasteiger partial charge on any atom is -0.0325 e. The minimum Gasteiger partial charge on any atom is -0.0917 e. The Hall–Kier alpha value is -0.260. The van der Waals surface area contributed by atoms with Crippen LogP contribution in [0.5, 0.6) is 0 Å².